The monoisotopic (exact) mass is 382 g/mol. The fourth-order valence-corrected chi connectivity index (χ4v) is 3.14. The number of rotatable bonds is 7. The zero-order valence-corrected chi connectivity index (χ0v) is 16.2. The average Bonchev–Trinajstić information content (AvgIpc) is 3.08. The number of hydrogen-bond donors (Lipinski definition) is 3. The standard InChI is InChI=1S/C23H22N6/c1-16(27-22-5-3-4-12-25-22)18-8-11-21-20(13-18)28-23(29(21)2)15-26-19-9-6-17(14-24)7-10-19/h3-14,24,26H,1,15H2,2H3,(H,25,27). The summed E-state index contributed by atoms with van der Waals surface area (Å²) in [5.74, 6) is 1.70. The summed E-state index contributed by atoms with van der Waals surface area (Å²) in [4.78, 5) is 9.07. The molecule has 0 bridgehead atoms. The summed E-state index contributed by atoms with van der Waals surface area (Å²) in [6, 6.07) is 19.6. The van der Waals surface area contributed by atoms with Crippen molar-refractivity contribution in [1.82, 2.24) is 14.5 Å². The summed E-state index contributed by atoms with van der Waals surface area (Å²) < 4.78 is 2.09. The second-order valence-electron chi connectivity index (χ2n) is 6.73. The molecule has 0 atom stereocenters. The van der Waals surface area contributed by atoms with Gasteiger partial charge in [-0.25, -0.2) is 9.97 Å². The van der Waals surface area contributed by atoms with Gasteiger partial charge in [0.2, 0.25) is 0 Å². The van der Waals surface area contributed by atoms with E-state index in [1.165, 1.54) is 6.21 Å². The molecular weight excluding hydrogens is 360 g/mol. The first-order chi connectivity index (χ1) is 14.1. The van der Waals surface area contributed by atoms with Crippen molar-refractivity contribution in [1.29, 1.82) is 5.41 Å². The SMILES string of the molecule is C=C(Nc1ccccn1)c1ccc2c(c1)nc(CNc1ccc(C=N)cc1)n2C. The highest BCUT2D eigenvalue weighted by Crippen LogP contribution is 2.22. The van der Waals surface area contributed by atoms with E-state index in [1.54, 1.807) is 6.20 Å². The van der Waals surface area contributed by atoms with Crippen molar-refractivity contribution in [3.05, 3.63) is 90.4 Å². The van der Waals surface area contributed by atoms with Crippen LogP contribution >= 0.6 is 0 Å². The van der Waals surface area contributed by atoms with Crippen molar-refractivity contribution in [3.8, 4) is 0 Å². The van der Waals surface area contributed by atoms with E-state index in [9.17, 15) is 0 Å². The van der Waals surface area contributed by atoms with Gasteiger partial charge in [0.05, 0.1) is 17.6 Å². The molecular formula is C23H22N6. The van der Waals surface area contributed by atoms with Gasteiger partial charge in [-0.3, -0.25) is 0 Å². The number of nitrogens with one attached hydrogen (secondary N) is 3. The maximum Gasteiger partial charge on any atom is 0.130 e. The first kappa shape index (κ1) is 18.4. The van der Waals surface area contributed by atoms with Crippen LogP contribution in [0, 0.1) is 5.41 Å². The zero-order valence-electron chi connectivity index (χ0n) is 16.2. The number of imidazole rings is 1. The fraction of sp³-hybridized carbons (Fsp3) is 0.0870. The van der Waals surface area contributed by atoms with Gasteiger partial charge in [-0.15, -0.1) is 0 Å². The Morgan fingerprint density at radius 1 is 1.14 bits per heavy atom. The van der Waals surface area contributed by atoms with Crippen molar-refractivity contribution < 1.29 is 0 Å². The Balaban J connectivity index is 1.51. The summed E-state index contributed by atoms with van der Waals surface area (Å²) in [5, 5.41) is 13.9. The summed E-state index contributed by atoms with van der Waals surface area (Å²) in [6.07, 6.45) is 3.08. The van der Waals surface area contributed by atoms with Crippen molar-refractivity contribution in [3.63, 3.8) is 0 Å². The number of aryl methyl sites for hydroxylation is 1. The van der Waals surface area contributed by atoms with E-state index < -0.39 is 0 Å². The molecule has 2 aromatic heterocycles. The molecule has 6 heteroatoms. The van der Waals surface area contributed by atoms with Crippen LogP contribution in [-0.2, 0) is 13.6 Å². The number of anilines is 2. The minimum atomic E-state index is 0.609. The smallest absolute Gasteiger partial charge is 0.130 e. The van der Waals surface area contributed by atoms with Crippen molar-refractivity contribution in [2.45, 2.75) is 6.54 Å². The van der Waals surface area contributed by atoms with Gasteiger partial charge in [0.15, 0.2) is 0 Å². The molecule has 6 nitrogen and oxygen atoms in total. The molecule has 144 valence electrons. The predicted molar refractivity (Wildman–Crippen MR) is 119 cm³/mol. The van der Waals surface area contributed by atoms with Crippen molar-refractivity contribution in [2.75, 3.05) is 10.6 Å². The highest BCUT2D eigenvalue weighted by atomic mass is 15.1. The molecule has 29 heavy (non-hydrogen) atoms. The normalized spacial score (nSPS) is 10.7. The van der Waals surface area contributed by atoms with Crippen LogP contribution in [0.15, 0.2) is 73.4 Å². The summed E-state index contributed by atoms with van der Waals surface area (Å²) in [6.45, 7) is 4.74. The van der Waals surface area contributed by atoms with Crippen LogP contribution in [0.25, 0.3) is 16.7 Å². The Morgan fingerprint density at radius 2 is 1.97 bits per heavy atom. The molecule has 0 saturated heterocycles. The number of benzene rings is 2. The van der Waals surface area contributed by atoms with Gasteiger partial charge >= 0.3 is 0 Å². The minimum Gasteiger partial charge on any atom is -0.378 e. The lowest BCUT2D eigenvalue weighted by Gasteiger charge is -2.09. The molecule has 0 radical (unpaired) electrons. The van der Waals surface area contributed by atoms with E-state index in [2.05, 4.69) is 32.8 Å². The third-order valence-corrected chi connectivity index (χ3v) is 4.79. The van der Waals surface area contributed by atoms with E-state index in [1.807, 2.05) is 61.6 Å². The van der Waals surface area contributed by atoms with Crippen LogP contribution < -0.4 is 10.6 Å². The van der Waals surface area contributed by atoms with E-state index in [0.717, 1.165) is 45.2 Å². The van der Waals surface area contributed by atoms with Gasteiger partial charge in [0.1, 0.15) is 11.6 Å². The molecule has 2 heterocycles. The topological polar surface area (TPSA) is 78.6 Å². The number of fused-ring (bicyclic) bond motifs is 1. The lowest BCUT2D eigenvalue weighted by atomic mass is 10.1. The molecule has 0 aliphatic carbocycles. The number of pyridine rings is 1. The van der Waals surface area contributed by atoms with Gasteiger partial charge in [-0.05, 0) is 47.5 Å². The van der Waals surface area contributed by atoms with E-state index >= 15 is 0 Å². The molecule has 4 rings (SSSR count). The molecule has 3 N–H and O–H groups in total. The highest BCUT2D eigenvalue weighted by Gasteiger charge is 2.10. The van der Waals surface area contributed by atoms with Gasteiger partial charge in [-0.1, -0.05) is 30.8 Å². The molecule has 0 aliphatic heterocycles. The first-order valence-corrected chi connectivity index (χ1v) is 9.31. The molecule has 0 spiro atoms. The summed E-state index contributed by atoms with van der Waals surface area (Å²) >= 11 is 0. The van der Waals surface area contributed by atoms with Gasteiger partial charge in [0, 0.05) is 30.8 Å². The van der Waals surface area contributed by atoms with Crippen molar-refractivity contribution in [2.24, 2.45) is 7.05 Å². The molecule has 2 aromatic carbocycles. The number of hydrogen-bond acceptors (Lipinski definition) is 5. The lowest BCUT2D eigenvalue weighted by Crippen LogP contribution is -2.05. The minimum absolute atomic E-state index is 0.609. The van der Waals surface area contributed by atoms with Crippen LogP contribution in [0.3, 0.4) is 0 Å². The van der Waals surface area contributed by atoms with Gasteiger partial charge < -0.3 is 20.6 Å². The van der Waals surface area contributed by atoms with E-state index in [4.69, 9.17) is 10.4 Å². The Morgan fingerprint density at radius 3 is 2.69 bits per heavy atom. The number of nitrogens with zero attached hydrogens (tertiary/aromatic N) is 3. The second kappa shape index (κ2) is 7.98. The average molecular weight is 382 g/mol. The van der Waals surface area contributed by atoms with Crippen LogP contribution in [0.1, 0.15) is 17.0 Å². The fourth-order valence-electron chi connectivity index (χ4n) is 3.14. The van der Waals surface area contributed by atoms with E-state index in [0.29, 0.717) is 6.54 Å². The van der Waals surface area contributed by atoms with Crippen LogP contribution in [-0.4, -0.2) is 20.7 Å². The summed E-state index contributed by atoms with van der Waals surface area (Å²) in [7, 11) is 2.02. The quantitative estimate of drug-likeness (QED) is 0.406. The molecule has 0 amide bonds. The van der Waals surface area contributed by atoms with Gasteiger partial charge in [0.25, 0.3) is 0 Å². The maximum absolute atomic E-state index is 7.28. The highest BCUT2D eigenvalue weighted by molar-refractivity contribution is 5.83. The van der Waals surface area contributed by atoms with Crippen molar-refractivity contribution >= 4 is 34.5 Å². The van der Waals surface area contributed by atoms with Crippen LogP contribution in [0.2, 0.25) is 0 Å². The molecule has 0 aliphatic rings. The first-order valence-electron chi connectivity index (χ1n) is 9.31. The molecule has 0 fully saturated rings. The summed E-state index contributed by atoms with van der Waals surface area (Å²) in [5.41, 5.74) is 5.62. The number of aromatic nitrogens is 3. The second-order valence-corrected chi connectivity index (χ2v) is 6.73. The van der Waals surface area contributed by atoms with Crippen LogP contribution in [0.4, 0.5) is 11.5 Å². The molecule has 4 aromatic rings. The third-order valence-electron chi connectivity index (χ3n) is 4.79. The van der Waals surface area contributed by atoms with Crippen LogP contribution in [0.5, 0.6) is 0 Å². The van der Waals surface area contributed by atoms with E-state index in [-0.39, 0.29) is 0 Å². The zero-order chi connectivity index (χ0) is 20.2. The van der Waals surface area contributed by atoms with Gasteiger partial charge in [-0.2, -0.15) is 0 Å². The Bertz CT molecular complexity index is 1160. The Labute approximate surface area is 169 Å². The third kappa shape index (κ3) is 4.01. The maximum atomic E-state index is 7.28. The Kier molecular flexibility index (Phi) is 5.07. The molecule has 0 saturated carbocycles. The lowest BCUT2D eigenvalue weighted by molar-refractivity contribution is 0.834. The largest absolute Gasteiger partial charge is 0.378 e. The predicted octanol–water partition coefficient (Wildman–Crippen LogP) is 4.66. The molecule has 0 unspecified atom stereocenters. The Hall–Kier alpha value is -3.93.